The highest BCUT2D eigenvalue weighted by Gasteiger charge is 2.37. The van der Waals surface area contributed by atoms with Crippen molar-refractivity contribution in [1.82, 2.24) is 14.6 Å². The average Bonchev–Trinajstić information content (AvgIpc) is 3.38. The molecule has 9 nitrogen and oxygen atoms in total. The van der Waals surface area contributed by atoms with Gasteiger partial charge in [-0.05, 0) is 71.2 Å². The highest BCUT2D eigenvalue weighted by Crippen LogP contribution is 2.39. The van der Waals surface area contributed by atoms with Crippen LogP contribution in [0, 0.1) is 12.7 Å². The number of ether oxygens (including phenoxy) is 2. The first-order chi connectivity index (χ1) is 20.8. The molecule has 232 valence electrons. The van der Waals surface area contributed by atoms with Gasteiger partial charge in [0, 0.05) is 30.4 Å². The molecule has 0 radical (unpaired) electrons. The third kappa shape index (κ3) is 6.32. The fraction of sp³-hybridized carbons (Fsp3) is 0.382. The number of anilines is 1. The molecule has 0 spiro atoms. The van der Waals surface area contributed by atoms with E-state index in [9.17, 15) is 19.4 Å². The van der Waals surface area contributed by atoms with Crippen molar-refractivity contribution >= 4 is 17.4 Å². The van der Waals surface area contributed by atoms with E-state index < -0.39 is 23.5 Å². The lowest BCUT2D eigenvalue weighted by atomic mass is 9.92. The number of phenolic OH excluding ortho intramolecular Hbond substituents is 1. The van der Waals surface area contributed by atoms with Gasteiger partial charge in [0.05, 0.1) is 34.6 Å². The number of aromatic hydroxyl groups is 1. The van der Waals surface area contributed by atoms with Gasteiger partial charge in [-0.3, -0.25) is 0 Å². The Morgan fingerprint density at radius 2 is 1.84 bits per heavy atom. The lowest BCUT2D eigenvalue weighted by Gasteiger charge is -2.41. The molecule has 44 heavy (non-hydrogen) atoms. The number of benzene rings is 2. The minimum absolute atomic E-state index is 0.105. The minimum atomic E-state index is -1.28. The maximum atomic E-state index is 14.7. The third-order valence-electron chi connectivity index (χ3n) is 7.87. The SMILES string of the molecule is C=CCOC1(C)CCN(c2c(C(OC(C)(C)C)C(=O)O)c(C)nc3cc(-c4cccc(-c5c(O)cccc5F)c4)nn23)CC1. The number of fused-ring (bicyclic) bond motifs is 1. The third-order valence-corrected chi connectivity index (χ3v) is 7.87. The zero-order chi connectivity index (χ0) is 31.8. The summed E-state index contributed by atoms with van der Waals surface area (Å²) in [4.78, 5) is 19.6. The molecule has 1 aliphatic heterocycles. The summed E-state index contributed by atoms with van der Waals surface area (Å²) in [5.41, 5.74) is 2.27. The van der Waals surface area contributed by atoms with E-state index in [0.717, 1.165) is 0 Å². The van der Waals surface area contributed by atoms with Crippen LogP contribution in [0.3, 0.4) is 0 Å². The molecule has 3 heterocycles. The number of carbonyl (C=O) groups is 1. The number of aryl methyl sites for hydroxylation is 1. The first-order valence-electron chi connectivity index (χ1n) is 14.7. The second-order valence-corrected chi connectivity index (χ2v) is 12.4. The van der Waals surface area contributed by atoms with Crippen molar-refractivity contribution in [1.29, 1.82) is 0 Å². The van der Waals surface area contributed by atoms with E-state index in [2.05, 4.69) is 18.4 Å². The van der Waals surface area contributed by atoms with Gasteiger partial charge in [0.2, 0.25) is 0 Å². The predicted octanol–water partition coefficient (Wildman–Crippen LogP) is 6.72. The number of phenols is 1. The number of carboxylic acids is 1. The smallest absolute Gasteiger partial charge is 0.337 e. The maximum absolute atomic E-state index is 14.7. The van der Waals surface area contributed by atoms with E-state index in [1.165, 1.54) is 18.2 Å². The summed E-state index contributed by atoms with van der Waals surface area (Å²) in [5.74, 6) is -1.21. The number of nitrogens with zero attached hydrogens (tertiary/aromatic N) is 4. The zero-order valence-electron chi connectivity index (χ0n) is 25.8. The van der Waals surface area contributed by atoms with Crippen LogP contribution in [-0.4, -0.2) is 61.7 Å². The summed E-state index contributed by atoms with van der Waals surface area (Å²) in [6.07, 6.45) is 1.87. The molecule has 10 heteroatoms. The van der Waals surface area contributed by atoms with Crippen LogP contribution in [0.5, 0.6) is 5.75 Å². The minimum Gasteiger partial charge on any atom is -0.507 e. The second kappa shape index (κ2) is 12.0. The predicted molar refractivity (Wildman–Crippen MR) is 167 cm³/mol. The Kier molecular flexibility index (Phi) is 8.51. The average molecular weight is 603 g/mol. The van der Waals surface area contributed by atoms with E-state index in [1.807, 2.05) is 32.9 Å². The van der Waals surface area contributed by atoms with Gasteiger partial charge in [0.15, 0.2) is 11.8 Å². The van der Waals surface area contributed by atoms with E-state index in [-0.39, 0.29) is 16.9 Å². The van der Waals surface area contributed by atoms with E-state index in [1.54, 1.807) is 35.7 Å². The zero-order valence-corrected chi connectivity index (χ0v) is 25.8. The fourth-order valence-corrected chi connectivity index (χ4v) is 5.68. The van der Waals surface area contributed by atoms with Crippen molar-refractivity contribution in [2.24, 2.45) is 0 Å². The van der Waals surface area contributed by atoms with E-state index in [0.29, 0.717) is 72.1 Å². The summed E-state index contributed by atoms with van der Waals surface area (Å²) in [5, 5.41) is 25.7. The molecule has 2 N–H and O–H groups in total. The molecule has 2 aromatic heterocycles. The molecule has 1 fully saturated rings. The van der Waals surface area contributed by atoms with Crippen molar-refractivity contribution in [3.63, 3.8) is 0 Å². The molecule has 0 aliphatic carbocycles. The summed E-state index contributed by atoms with van der Waals surface area (Å²) in [6.45, 7) is 14.7. The van der Waals surface area contributed by atoms with Crippen LogP contribution in [0.4, 0.5) is 10.2 Å². The van der Waals surface area contributed by atoms with Crippen LogP contribution in [0.2, 0.25) is 0 Å². The van der Waals surface area contributed by atoms with Crippen LogP contribution in [0.25, 0.3) is 28.0 Å². The lowest BCUT2D eigenvalue weighted by molar-refractivity contribution is -0.160. The van der Waals surface area contributed by atoms with Crippen LogP contribution in [0.1, 0.15) is 57.9 Å². The fourth-order valence-electron chi connectivity index (χ4n) is 5.68. The molecule has 4 aromatic rings. The van der Waals surface area contributed by atoms with Crippen molar-refractivity contribution in [3.05, 3.63) is 78.3 Å². The van der Waals surface area contributed by atoms with Gasteiger partial charge in [0.25, 0.3) is 0 Å². The summed E-state index contributed by atoms with van der Waals surface area (Å²) in [6, 6.07) is 13.1. The number of piperidine rings is 1. The Morgan fingerprint density at radius 3 is 2.48 bits per heavy atom. The number of hydrogen-bond acceptors (Lipinski definition) is 7. The molecule has 1 atom stereocenters. The highest BCUT2D eigenvalue weighted by molar-refractivity contribution is 5.80. The van der Waals surface area contributed by atoms with E-state index >= 15 is 0 Å². The monoisotopic (exact) mass is 602 g/mol. The summed E-state index contributed by atoms with van der Waals surface area (Å²) >= 11 is 0. The summed E-state index contributed by atoms with van der Waals surface area (Å²) < 4.78 is 28.6. The van der Waals surface area contributed by atoms with Crippen LogP contribution in [-0.2, 0) is 14.3 Å². The molecule has 1 unspecified atom stereocenters. The first-order valence-corrected chi connectivity index (χ1v) is 14.7. The topological polar surface area (TPSA) is 109 Å². The first kappa shape index (κ1) is 31.2. The largest absolute Gasteiger partial charge is 0.507 e. The van der Waals surface area contributed by atoms with E-state index in [4.69, 9.17) is 19.6 Å². The van der Waals surface area contributed by atoms with Crippen LogP contribution < -0.4 is 4.90 Å². The Bertz CT molecular complexity index is 1680. The number of rotatable bonds is 9. The number of hydrogen-bond donors (Lipinski definition) is 2. The van der Waals surface area contributed by atoms with Crippen molar-refractivity contribution in [2.75, 3.05) is 24.6 Å². The van der Waals surface area contributed by atoms with Gasteiger partial charge in [-0.15, -0.1) is 6.58 Å². The molecule has 5 rings (SSSR count). The molecule has 0 saturated carbocycles. The number of carboxylic acid groups (broad SMARTS) is 1. The number of aromatic nitrogens is 3. The highest BCUT2D eigenvalue weighted by atomic mass is 19.1. The van der Waals surface area contributed by atoms with Gasteiger partial charge in [0.1, 0.15) is 17.4 Å². The molecule has 2 aromatic carbocycles. The lowest BCUT2D eigenvalue weighted by Crippen LogP contribution is -2.45. The number of aliphatic carboxylic acids is 1. The van der Waals surface area contributed by atoms with Crippen molar-refractivity contribution < 1.29 is 28.9 Å². The molecular formula is C34H39FN4O5. The molecule has 1 aliphatic rings. The Hall–Kier alpha value is -4.28. The van der Waals surface area contributed by atoms with Gasteiger partial charge >= 0.3 is 5.97 Å². The van der Waals surface area contributed by atoms with Crippen molar-refractivity contribution in [3.8, 4) is 28.1 Å². The normalized spacial score (nSPS) is 15.8. The summed E-state index contributed by atoms with van der Waals surface area (Å²) in [7, 11) is 0. The van der Waals surface area contributed by atoms with Crippen LogP contribution >= 0.6 is 0 Å². The molecule has 0 amide bonds. The molecule has 0 bridgehead atoms. The van der Waals surface area contributed by atoms with Gasteiger partial charge in [-0.2, -0.15) is 9.61 Å². The Labute approximate surface area is 256 Å². The quantitative estimate of drug-likeness (QED) is 0.203. The maximum Gasteiger partial charge on any atom is 0.337 e. The van der Waals surface area contributed by atoms with Gasteiger partial charge in [-0.1, -0.05) is 30.3 Å². The van der Waals surface area contributed by atoms with Gasteiger partial charge < -0.3 is 24.6 Å². The van der Waals surface area contributed by atoms with Crippen molar-refractivity contribution in [2.45, 2.75) is 64.8 Å². The Balaban J connectivity index is 1.66. The number of halogens is 1. The second-order valence-electron chi connectivity index (χ2n) is 12.4. The molecule has 1 saturated heterocycles. The molecular weight excluding hydrogens is 563 g/mol. The Morgan fingerprint density at radius 1 is 1.16 bits per heavy atom. The standard InChI is InChI=1S/C34H39FN4O5/c1-7-18-43-34(6)14-16-38(17-15-34)31-28(30(32(41)42)44-33(3,4)5)21(2)36-27-20-25(37-39(27)31)22-10-8-11-23(19-22)29-24(35)12-9-13-26(29)40/h7-13,19-20,30,40H,1,14-18H2,2-6H3,(H,41,42). The van der Waals surface area contributed by atoms with Gasteiger partial charge in [-0.25, -0.2) is 14.2 Å². The van der Waals surface area contributed by atoms with Crippen LogP contribution in [0.15, 0.2) is 61.2 Å².